The maximum absolute atomic E-state index is 12.8. The minimum absolute atomic E-state index is 0.0129. The summed E-state index contributed by atoms with van der Waals surface area (Å²) in [7, 11) is 3.07. The number of nitrogens with zero attached hydrogens (tertiary/aromatic N) is 2. The Morgan fingerprint density at radius 1 is 0.893 bits per heavy atom. The third-order valence-electron chi connectivity index (χ3n) is 5.58. The van der Waals surface area contributed by atoms with E-state index in [1.807, 2.05) is 0 Å². The average Bonchev–Trinajstić information content (AvgIpc) is 3.23. The second kappa shape index (κ2) is 8.50. The van der Waals surface area contributed by atoms with Crippen molar-refractivity contribution in [1.82, 2.24) is 9.80 Å². The van der Waals surface area contributed by atoms with Crippen molar-refractivity contribution in [2.75, 3.05) is 40.4 Å². The molecule has 2 aliphatic rings. The fourth-order valence-electron chi connectivity index (χ4n) is 3.86. The highest BCUT2D eigenvalue weighted by Crippen LogP contribution is 2.27. The summed E-state index contributed by atoms with van der Waals surface area (Å²) >= 11 is 0. The summed E-state index contributed by atoms with van der Waals surface area (Å²) in [6, 6.07) is 5.07. The van der Waals surface area contributed by atoms with Gasteiger partial charge < -0.3 is 24.4 Å². The van der Waals surface area contributed by atoms with Crippen LogP contribution >= 0.6 is 0 Å². The van der Waals surface area contributed by atoms with Crippen LogP contribution in [0.1, 0.15) is 29.6 Å². The van der Waals surface area contributed by atoms with Gasteiger partial charge in [-0.05, 0) is 31.4 Å². The molecule has 2 amide bonds. The van der Waals surface area contributed by atoms with Gasteiger partial charge in [-0.3, -0.25) is 14.4 Å². The van der Waals surface area contributed by atoms with Crippen LogP contribution in [0.15, 0.2) is 18.2 Å². The highest BCUT2D eigenvalue weighted by Gasteiger charge is 2.36. The summed E-state index contributed by atoms with van der Waals surface area (Å²) in [4.78, 5) is 40.0. The normalized spacial score (nSPS) is 20.1. The summed E-state index contributed by atoms with van der Waals surface area (Å²) in [5.41, 5.74) is 0.491. The number of likely N-dealkylation sites (tertiary alicyclic amines) is 2. The van der Waals surface area contributed by atoms with E-state index in [-0.39, 0.29) is 24.3 Å². The predicted molar refractivity (Wildman–Crippen MR) is 100 cm³/mol. The fraction of sp³-hybridized carbons (Fsp3) is 0.550. The van der Waals surface area contributed by atoms with Crippen LogP contribution in [0.5, 0.6) is 11.5 Å². The number of benzene rings is 1. The van der Waals surface area contributed by atoms with Crippen LogP contribution in [0.2, 0.25) is 0 Å². The lowest BCUT2D eigenvalue weighted by molar-refractivity contribution is -0.141. The van der Waals surface area contributed by atoms with Crippen LogP contribution < -0.4 is 9.47 Å². The highest BCUT2D eigenvalue weighted by molar-refractivity contribution is 5.95. The van der Waals surface area contributed by atoms with Crippen LogP contribution in [-0.2, 0) is 9.59 Å². The molecule has 3 rings (SSSR count). The molecule has 2 saturated heterocycles. The molecule has 0 bridgehead atoms. The minimum atomic E-state index is -0.843. The zero-order valence-corrected chi connectivity index (χ0v) is 16.2. The van der Waals surface area contributed by atoms with E-state index in [9.17, 15) is 14.4 Å². The van der Waals surface area contributed by atoms with E-state index in [4.69, 9.17) is 14.6 Å². The molecule has 2 fully saturated rings. The topological polar surface area (TPSA) is 96.4 Å². The summed E-state index contributed by atoms with van der Waals surface area (Å²) in [5.74, 6) is -0.465. The Morgan fingerprint density at radius 2 is 1.43 bits per heavy atom. The monoisotopic (exact) mass is 390 g/mol. The molecular formula is C20H26N2O6. The average molecular weight is 390 g/mol. The number of ether oxygens (including phenoxy) is 2. The number of rotatable bonds is 5. The van der Waals surface area contributed by atoms with Gasteiger partial charge in [0.05, 0.1) is 20.1 Å². The van der Waals surface area contributed by atoms with Crippen molar-refractivity contribution in [3.05, 3.63) is 23.8 Å². The van der Waals surface area contributed by atoms with E-state index >= 15 is 0 Å². The Labute approximate surface area is 164 Å². The maximum atomic E-state index is 12.8. The molecule has 1 aromatic carbocycles. The number of hydrogen-bond donors (Lipinski definition) is 1. The number of carbonyl (C=O) groups excluding carboxylic acids is 2. The third kappa shape index (κ3) is 4.21. The molecule has 1 unspecified atom stereocenters. The van der Waals surface area contributed by atoms with Crippen LogP contribution in [0.3, 0.4) is 0 Å². The van der Waals surface area contributed by atoms with Crippen LogP contribution in [-0.4, -0.2) is 73.1 Å². The molecule has 2 heterocycles. The second-order valence-electron chi connectivity index (χ2n) is 7.28. The van der Waals surface area contributed by atoms with Gasteiger partial charge in [0.1, 0.15) is 11.5 Å². The number of amides is 2. The van der Waals surface area contributed by atoms with Crippen molar-refractivity contribution in [3.8, 4) is 11.5 Å². The first-order valence-corrected chi connectivity index (χ1v) is 9.47. The number of carboxylic acid groups (broad SMARTS) is 1. The van der Waals surface area contributed by atoms with Gasteiger partial charge in [-0.1, -0.05) is 0 Å². The molecule has 8 heteroatoms. The van der Waals surface area contributed by atoms with Gasteiger partial charge in [-0.2, -0.15) is 0 Å². The quantitative estimate of drug-likeness (QED) is 0.818. The number of carbonyl (C=O) groups is 3. The zero-order valence-electron chi connectivity index (χ0n) is 16.2. The lowest BCUT2D eigenvalue weighted by Gasteiger charge is -2.33. The molecule has 0 aliphatic carbocycles. The van der Waals surface area contributed by atoms with E-state index in [0.29, 0.717) is 56.0 Å². The molecule has 0 radical (unpaired) electrons. The lowest BCUT2D eigenvalue weighted by atomic mass is 9.94. The Kier molecular flexibility index (Phi) is 6.06. The molecule has 1 N–H and O–H groups in total. The van der Waals surface area contributed by atoms with Gasteiger partial charge in [-0.25, -0.2) is 0 Å². The van der Waals surface area contributed by atoms with Crippen molar-refractivity contribution in [2.45, 2.75) is 19.3 Å². The number of hydrogen-bond acceptors (Lipinski definition) is 5. The van der Waals surface area contributed by atoms with E-state index in [0.717, 1.165) is 0 Å². The Balaban J connectivity index is 1.59. The number of aliphatic carboxylic acids is 1. The van der Waals surface area contributed by atoms with E-state index < -0.39 is 11.9 Å². The lowest BCUT2D eigenvalue weighted by Crippen LogP contribution is -2.44. The smallest absolute Gasteiger partial charge is 0.308 e. The summed E-state index contributed by atoms with van der Waals surface area (Å²) in [6.07, 6.45) is 1.68. The molecule has 28 heavy (non-hydrogen) atoms. The van der Waals surface area contributed by atoms with Gasteiger partial charge in [0, 0.05) is 43.7 Å². The molecular weight excluding hydrogens is 364 g/mol. The van der Waals surface area contributed by atoms with Crippen LogP contribution in [0, 0.1) is 11.8 Å². The Hall–Kier alpha value is -2.77. The Morgan fingerprint density at radius 3 is 1.93 bits per heavy atom. The van der Waals surface area contributed by atoms with Gasteiger partial charge in [-0.15, -0.1) is 0 Å². The van der Waals surface area contributed by atoms with Gasteiger partial charge >= 0.3 is 5.97 Å². The number of methoxy groups -OCH3 is 2. The highest BCUT2D eigenvalue weighted by atomic mass is 16.5. The van der Waals surface area contributed by atoms with Crippen molar-refractivity contribution < 1.29 is 29.0 Å². The molecule has 0 saturated carbocycles. The molecule has 0 spiro atoms. The number of piperidine rings is 1. The molecule has 152 valence electrons. The number of carboxylic acids is 1. The van der Waals surface area contributed by atoms with E-state index in [1.54, 1.807) is 28.0 Å². The van der Waals surface area contributed by atoms with Gasteiger partial charge in [0.25, 0.3) is 5.91 Å². The first kappa shape index (κ1) is 20.0. The van der Waals surface area contributed by atoms with Gasteiger partial charge in [0.2, 0.25) is 5.91 Å². The summed E-state index contributed by atoms with van der Waals surface area (Å²) in [5, 5.41) is 9.10. The largest absolute Gasteiger partial charge is 0.497 e. The molecule has 8 nitrogen and oxygen atoms in total. The SMILES string of the molecule is COc1cc(OC)cc(C(=O)N2CCC(C(=O)N3CCC(C(=O)O)C3)CC2)c1. The van der Waals surface area contributed by atoms with Crippen LogP contribution in [0.4, 0.5) is 0 Å². The van der Waals surface area contributed by atoms with E-state index in [1.165, 1.54) is 14.2 Å². The Bertz CT molecular complexity index is 735. The fourth-order valence-corrected chi connectivity index (χ4v) is 3.86. The van der Waals surface area contributed by atoms with Gasteiger partial charge in [0.15, 0.2) is 0 Å². The van der Waals surface area contributed by atoms with Crippen molar-refractivity contribution in [1.29, 1.82) is 0 Å². The molecule has 2 aliphatic heterocycles. The first-order valence-electron chi connectivity index (χ1n) is 9.47. The second-order valence-corrected chi connectivity index (χ2v) is 7.28. The molecule has 1 atom stereocenters. The molecule has 0 aromatic heterocycles. The molecule has 1 aromatic rings. The van der Waals surface area contributed by atoms with Crippen molar-refractivity contribution in [3.63, 3.8) is 0 Å². The summed E-state index contributed by atoms with van der Waals surface area (Å²) in [6.45, 7) is 1.77. The summed E-state index contributed by atoms with van der Waals surface area (Å²) < 4.78 is 10.4. The van der Waals surface area contributed by atoms with Crippen molar-refractivity contribution in [2.24, 2.45) is 11.8 Å². The predicted octanol–water partition coefficient (Wildman–Crippen LogP) is 1.49. The standard InChI is InChI=1S/C20H26N2O6/c1-27-16-9-15(10-17(11-16)28-2)19(24)21-6-3-13(4-7-21)18(23)22-8-5-14(12-22)20(25)26/h9-11,13-14H,3-8,12H2,1-2H3,(H,25,26). The maximum Gasteiger partial charge on any atom is 0.308 e. The first-order chi connectivity index (χ1) is 13.4. The van der Waals surface area contributed by atoms with E-state index in [2.05, 4.69) is 0 Å². The zero-order chi connectivity index (χ0) is 20.3. The third-order valence-corrected chi connectivity index (χ3v) is 5.58. The minimum Gasteiger partial charge on any atom is -0.497 e. The van der Waals surface area contributed by atoms with Crippen LogP contribution in [0.25, 0.3) is 0 Å². The van der Waals surface area contributed by atoms with Crippen molar-refractivity contribution >= 4 is 17.8 Å².